The molecule has 0 unspecified atom stereocenters. The second-order valence-corrected chi connectivity index (χ2v) is 8.91. The average Bonchev–Trinajstić information content (AvgIpc) is 2.95. The number of nitrogens with one attached hydrogen (secondary N) is 1. The Hall–Kier alpha value is -2.99. The summed E-state index contributed by atoms with van der Waals surface area (Å²) in [7, 11) is 0. The highest BCUT2D eigenvalue weighted by Crippen LogP contribution is 2.14. The Morgan fingerprint density at radius 3 is 2.40 bits per heavy atom. The molecule has 1 aromatic heterocycles. The van der Waals surface area contributed by atoms with Gasteiger partial charge in [0.25, 0.3) is 11.8 Å². The first-order chi connectivity index (χ1) is 14.2. The first-order valence-corrected chi connectivity index (χ1v) is 10.8. The van der Waals surface area contributed by atoms with Gasteiger partial charge in [-0.2, -0.15) is 4.99 Å². The number of hydrogen-bond donors (Lipinski definition) is 1. The van der Waals surface area contributed by atoms with E-state index in [9.17, 15) is 9.59 Å². The Morgan fingerprint density at radius 1 is 1.03 bits per heavy atom. The third-order valence-electron chi connectivity index (χ3n) is 4.84. The zero-order valence-corrected chi connectivity index (χ0v) is 18.8. The van der Waals surface area contributed by atoms with Gasteiger partial charge in [-0.05, 0) is 64.4 Å². The summed E-state index contributed by atoms with van der Waals surface area (Å²) in [6, 6.07) is 15.1. The Bertz CT molecular complexity index is 1140. The van der Waals surface area contributed by atoms with Gasteiger partial charge < -0.3 is 9.88 Å². The molecule has 0 aliphatic heterocycles. The molecular formula is C24H27N3O2S. The van der Waals surface area contributed by atoms with Crippen LogP contribution in [0.4, 0.5) is 0 Å². The van der Waals surface area contributed by atoms with Crippen LogP contribution in [0.3, 0.4) is 0 Å². The van der Waals surface area contributed by atoms with Crippen LogP contribution in [0.15, 0.2) is 53.5 Å². The number of rotatable bonds is 5. The third kappa shape index (κ3) is 5.13. The van der Waals surface area contributed by atoms with Gasteiger partial charge in [0, 0.05) is 27.7 Å². The van der Waals surface area contributed by atoms with Gasteiger partial charge in [-0.25, -0.2) is 0 Å². The molecule has 3 aromatic rings. The van der Waals surface area contributed by atoms with E-state index in [1.807, 2.05) is 75.6 Å². The summed E-state index contributed by atoms with van der Waals surface area (Å²) in [6.45, 7) is 10.5. The number of aryl methyl sites for hydroxylation is 2. The zero-order valence-electron chi connectivity index (χ0n) is 18.0. The van der Waals surface area contributed by atoms with Gasteiger partial charge in [-0.3, -0.25) is 9.59 Å². The number of carbonyl (C=O) groups excluding carboxylic acids is 2. The molecule has 0 saturated heterocycles. The van der Waals surface area contributed by atoms with E-state index in [0.29, 0.717) is 22.5 Å². The molecule has 2 amide bonds. The Morgan fingerprint density at radius 2 is 1.73 bits per heavy atom. The SMILES string of the molecule is Cc1ccc(C(=O)N=c2sc(C)c(C)n2Cc2cccc(C(=O)NC(C)C)c2)cc1. The second-order valence-electron chi connectivity index (χ2n) is 7.72. The van der Waals surface area contributed by atoms with Crippen LogP contribution in [0.2, 0.25) is 0 Å². The topological polar surface area (TPSA) is 63.5 Å². The molecule has 5 nitrogen and oxygen atoms in total. The summed E-state index contributed by atoms with van der Waals surface area (Å²) < 4.78 is 2.03. The fraction of sp³-hybridized carbons (Fsp3) is 0.292. The molecule has 1 N–H and O–H groups in total. The minimum atomic E-state index is -0.255. The van der Waals surface area contributed by atoms with E-state index in [4.69, 9.17) is 0 Å². The third-order valence-corrected chi connectivity index (χ3v) is 5.93. The van der Waals surface area contributed by atoms with Crippen molar-refractivity contribution >= 4 is 23.2 Å². The molecule has 1 heterocycles. The van der Waals surface area contributed by atoms with Crippen LogP contribution in [-0.2, 0) is 6.54 Å². The van der Waals surface area contributed by atoms with Gasteiger partial charge in [0.15, 0.2) is 4.80 Å². The van der Waals surface area contributed by atoms with Crippen molar-refractivity contribution in [1.82, 2.24) is 9.88 Å². The summed E-state index contributed by atoms with van der Waals surface area (Å²) in [5, 5.41) is 2.92. The Labute approximate surface area is 181 Å². The van der Waals surface area contributed by atoms with Crippen LogP contribution in [0.1, 0.15) is 56.3 Å². The first kappa shape index (κ1) is 21.7. The van der Waals surface area contributed by atoms with Crippen LogP contribution in [0.25, 0.3) is 0 Å². The normalized spacial score (nSPS) is 11.7. The fourth-order valence-corrected chi connectivity index (χ4v) is 4.03. The lowest BCUT2D eigenvalue weighted by Crippen LogP contribution is -2.30. The minimum Gasteiger partial charge on any atom is -0.350 e. The van der Waals surface area contributed by atoms with Crippen LogP contribution in [0.5, 0.6) is 0 Å². The molecule has 0 aliphatic rings. The van der Waals surface area contributed by atoms with Gasteiger partial charge in [0.1, 0.15) is 0 Å². The Balaban J connectivity index is 1.93. The van der Waals surface area contributed by atoms with E-state index in [2.05, 4.69) is 10.3 Å². The summed E-state index contributed by atoms with van der Waals surface area (Å²) in [5.41, 5.74) is 4.35. The highest BCUT2D eigenvalue weighted by Gasteiger charge is 2.12. The number of thiazole rings is 1. The highest BCUT2D eigenvalue weighted by molar-refractivity contribution is 7.09. The molecule has 0 atom stereocenters. The van der Waals surface area contributed by atoms with Crippen molar-refractivity contribution in [3.8, 4) is 0 Å². The van der Waals surface area contributed by atoms with E-state index in [0.717, 1.165) is 21.7 Å². The van der Waals surface area contributed by atoms with Gasteiger partial charge in [-0.15, -0.1) is 11.3 Å². The zero-order chi connectivity index (χ0) is 21.8. The molecular weight excluding hydrogens is 394 g/mol. The van der Waals surface area contributed by atoms with Crippen LogP contribution < -0.4 is 10.1 Å². The maximum absolute atomic E-state index is 12.7. The molecule has 0 bridgehead atoms. The largest absolute Gasteiger partial charge is 0.350 e. The minimum absolute atomic E-state index is 0.0792. The van der Waals surface area contributed by atoms with E-state index in [1.165, 1.54) is 11.3 Å². The van der Waals surface area contributed by atoms with Crippen molar-refractivity contribution in [2.45, 2.75) is 47.2 Å². The molecule has 0 aliphatic carbocycles. The van der Waals surface area contributed by atoms with Crippen molar-refractivity contribution in [3.05, 3.63) is 86.2 Å². The standard InChI is InChI=1S/C24H27N3O2S/c1-15(2)25-23(29)21-8-6-7-19(13-21)14-27-17(4)18(5)30-24(27)26-22(28)20-11-9-16(3)10-12-20/h6-13,15H,14H2,1-5H3,(H,25,29). The molecule has 0 radical (unpaired) electrons. The molecule has 0 saturated carbocycles. The second kappa shape index (κ2) is 9.22. The number of amides is 2. The molecule has 3 rings (SSSR count). The van der Waals surface area contributed by atoms with Crippen LogP contribution >= 0.6 is 11.3 Å². The fourth-order valence-electron chi connectivity index (χ4n) is 3.06. The lowest BCUT2D eigenvalue weighted by Gasteiger charge is -2.11. The molecule has 30 heavy (non-hydrogen) atoms. The molecule has 0 fully saturated rings. The maximum atomic E-state index is 12.7. The van der Waals surface area contributed by atoms with Crippen molar-refractivity contribution in [2.75, 3.05) is 0 Å². The molecule has 2 aromatic carbocycles. The average molecular weight is 422 g/mol. The quantitative estimate of drug-likeness (QED) is 0.664. The van der Waals surface area contributed by atoms with Gasteiger partial charge in [0.2, 0.25) is 0 Å². The van der Waals surface area contributed by atoms with Crippen LogP contribution in [0, 0.1) is 20.8 Å². The maximum Gasteiger partial charge on any atom is 0.279 e. The van der Waals surface area contributed by atoms with Gasteiger partial charge in [0.05, 0.1) is 6.54 Å². The summed E-state index contributed by atoms with van der Waals surface area (Å²) in [5.74, 6) is -0.343. The van der Waals surface area contributed by atoms with E-state index in [1.54, 1.807) is 12.1 Å². The van der Waals surface area contributed by atoms with Crippen molar-refractivity contribution in [1.29, 1.82) is 0 Å². The number of benzene rings is 2. The van der Waals surface area contributed by atoms with Gasteiger partial charge >= 0.3 is 0 Å². The summed E-state index contributed by atoms with van der Waals surface area (Å²) in [6.07, 6.45) is 0. The summed E-state index contributed by atoms with van der Waals surface area (Å²) in [4.78, 5) is 31.2. The lowest BCUT2D eigenvalue weighted by atomic mass is 10.1. The first-order valence-electron chi connectivity index (χ1n) is 9.97. The van der Waals surface area contributed by atoms with Crippen molar-refractivity contribution < 1.29 is 9.59 Å². The predicted octanol–water partition coefficient (Wildman–Crippen LogP) is 4.40. The number of nitrogens with zero attached hydrogens (tertiary/aromatic N) is 2. The predicted molar refractivity (Wildman–Crippen MR) is 121 cm³/mol. The summed E-state index contributed by atoms with van der Waals surface area (Å²) >= 11 is 1.50. The monoisotopic (exact) mass is 421 g/mol. The van der Waals surface area contributed by atoms with Crippen molar-refractivity contribution in [3.63, 3.8) is 0 Å². The lowest BCUT2D eigenvalue weighted by molar-refractivity contribution is 0.0942. The number of aromatic nitrogens is 1. The smallest absolute Gasteiger partial charge is 0.279 e. The van der Waals surface area contributed by atoms with Gasteiger partial charge in [-0.1, -0.05) is 29.8 Å². The van der Waals surface area contributed by atoms with E-state index in [-0.39, 0.29) is 17.9 Å². The van der Waals surface area contributed by atoms with Crippen molar-refractivity contribution in [2.24, 2.45) is 4.99 Å². The van der Waals surface area contributed by atoms with E-state index < -0.39 is 0 Å². The molecule has 0 spiro atoms. The van der Waals surface area contributed by atoms with E-state index >= 15 is 0 Å². The van der Waals surface area contributed by atoms with Crippen LogP contribution in [-0.4, -0.2) is 22.4 Å². The molecule has 156 valence electrons. The number of hydrogen-bond acceptors (Lipinski definition) is 3. The Kier molecular flexibility index (Phi) is 6.67. The highest BCUT2D eigenvalue weighted by atomic mass is 32.1. The molecule has 6 heteroatoms. The number of carbonyl (C=O) groups is 2.